The van der Waals surface area contributed by atoms with Crippen molar-refractivity contribution < 1.29 is 0 Å². The van der Waals surface area contributed by atoms with Gasteiger partial charge in [-0.3, -0.25) is 0 Å². The number of aromatic nitrogens is 2. The van der Waals surface area contributed by atoms with Crippen molar-refractivity contribution in [3.05, 3.63) is 17.0 Å². The lowest BCUT2D eigenvalue weighted by molar-refractivity contribution is 0.225. The minimum absolute atomic E-state index is 0.666. The van der Waals surface area contributed by atoms with Crippen LogP contribution < -0.4 is 10.2 Å². The fourth-order valence-electron chi connectivity index (χ4n) is 2.17. The predicted molar refractivity (Wildman–Crippen MR) is 57.3 cm³/mol. The Labute approximate surface area is 90.9 Å². The maximum absolute atomic E-state index is 4.35. The van der Waals surface area contributed by atoms with Crippen molar-refractivity contribution in [3.8, 4) is 0 Å². The lowest BCUT2D eigenvalue weighted by atomic mass is 9.91. The van der Waals surface area contributed by atoms with E-state index in [1.54, 1.807) is 6.20 Å². The van der Waals surface area contributed by atoms with Gasteiger partial charge in [0.2, 0.25) is 0 Å². The molecular formula is C9H11BrN4. The first kappa shape index (κ1) is 8.61. The van der Waals surface area contributed by atoms with Gasteiger partial charge in [-0.15, -0.1) is 0 Å². The normalized spacial score (nSPS) is 29.9. The van der Waals surface area contributed by atoms with Crippen molar-refractivity contribution in [2.75, 3.05) is 18.0 Å². The fourth-order valence-corrected chi connectivity index (χ4v) is 2.37. The molecule has 0 aliphatic carbocycles. The molecule has 2 bridgehead atoms. The topological polar surface area (TPSA) is 41.1 Å². The summed E-state index contributed by atoms with van der Waals surface area (Å²) in [5.74, 6) is 0.990. The highest BCUT2D eigenvalue weighted by Gasteiger charge is 2.36. The van der Waals surface area contributed by atoms with Gasteiger partial charge in [0.15, 0.2) is 0 Å². The van der Waals surface area contributed by atoms with Crippen molar-refractivity contribution in [3.63, 3.8) is 0 Å². The summed E-state index contributed by atoms with van der Waals surface area (Å²) >= 11 is 3.29. The summed E-state index contributed by atoms with van der Waals surface area (Å²) < 4.78 is 0.793. The second-order valence-electron chi connectivity index (χ2n) is 3.90. The number of rotatable bonds is 1. The van der Waals surface area contributed by atoms with E-state index in [9.17, 15) is 0 Å². The molecule has 4 rings (SSSR count). The number of piperidine rings is 1. The van der Waals surface area contributed by atoms with Crippen LogP contribution in [0.3, 0.4) is 0 Å². The van der Waals surface area contributed by atoms with Gasteiger partial charge in [-0.2, -0.15) is 0 Å². The quantitative estimate of drug-likeness (QED) is 0.805. The average molecular weight is 255 g/mol. The fraction of sp³-hybridized carbons (Fsp3) is 0.556. The summed E-state index contributed by atoms with van der Waals surface area (Å²) in [6.45, 7) is 2.12. The van der Waals surface area contributed by atoms with Gasteiger partial charge >= 0.3 is 0 Å². The SMILES string of the molecule is Brc1cnc(N2CC3CC(C2)N3)cn1. The zero-order valence-corrected chi connectivity index (χ0v) is 9.24. The Morgan fingerprint density at radius 2 is 2.00 bits per heavy atom. The molecule has 1 aromatic heterocycles. The zero-order chi connectivity index (χ0) is 9.54. The van der Waals surface area contributed by atoms with E-state index in [0.29, 0.717) is 12.1 Å². The molecule has 0 amide bonds. The third-order valence-corrected chi connectivity index (χ3v) is 3.26. The molecule has 3 saturated heterocycles. The van der Waals surface area contributed by atoms with Crippen LogP contribution in [0.1, 0.15) is 6.42 Å². The third kappa shape index (κ3) is 1.40. The summed E-state index contributed by atoms with van der Waals surface area (Å²) in [7, 11) is 0. The Kier molecular flexibility index (Phi) is 1.95. The summed E-state index contributed by atoms with van der Waals surface area (Å²) in [5, 5.41) is 3.49. The zero-order valence-electron chi connectivity index (χ0n) is 7.65. The Bertz CT molecular complexity index is 323. The van der Waals surface area contributed by atoms with E-state index in [2.05, 4.69) is 36.1 Å². The smallest absolute Gasteiger partial charge is 0.147 e. The van der Waals surface area contributed by atoms with E-state index in [0.717, 1.165) is 23.5 Å². The second-order valence-corrected chi connectivity index (χ2v) is 4.71. The van der Waals surface area contributed by atoms with Crippen LogP contribution in [0.2, 0.25) is 0 Å². The molecule has 3 fully saturated rings. The van der Waals surface area contributed by atoms with E-state index >= 15 is 0 Å². The average Bonchev–Trinajstić information content (AvgIpc) is 2.18. The van der Waals surface area contributed by atoms with Gasteiger partial charge in [-0.05, 0) is 22.4 Å². The van der Waals surface area contributed by atoms with Gasteiger partial charge in [0.1, 0.15) is 10.4 Å². The van der Waals surface area contributed by atoms with Gasteiger partial charge in [0.25, 0.3) is 0 Å². The first-order chi connectivity index (χ1) is 6.81. The number of fused-ring (bicyclic) bond motifs is 2. The molecule has 14 heavy (non-hydrogen) atoms. The molecule has 1 N–H and O–H groups in total. The number of piperazine rings is 1. The van der Waals surface area contributed by atoms with Gasteiger partial charge in [0.05, 0.1) is 12.4 Å². The van der Waals surface area contributed by atoms with Crippen LogP contribution >= 0.6 is 15.9 Å². The Hall–Kier alpha value is -0.680. The second kappa shape index (κ2) is 3.17. The molecule has 0 spiro atoms. The van der Waals surface area contributed by atoms with Crippen molar-refractivity contribution >= 4 is 21.7 Å². The lowest BCUT2D eigenvalue weighted by Crippen LogP contribution is -2.67. The first-order valence-electron chi connectivity index (χ1n) is 4.80. The van der Waals surface area contributed by atoms with Crippen LogP contribution in [0, 0.1) is 0 Å². The number of anilines is 1. The van der Waals surface area contributed by atoms with Crippen molar-refractivity contribution in [2.45, 2.75) is 18.5 Å². The Morgan fingerprint density at radius 3 is 2.57 bits per heavy atom. The van der Waals surface area contributed by atoms with Gasteiger partial charge in [0, 0.05) is 25.2 Å². The number of nitrogens with one attached hydrogen (secondary N) is 1. The summed E-state index contributed by atoms with van der Waals surface area (Å²) in [4.78, 5) is 10.8. The largest absolute Gasteiger partial charge is 0.352 e. The van der Waals surface area contributed by atoms with Crippen LogP contribution in [0.15, 0.2) is 17.0 Å². The molecule has 74 valence electrons. The molecule has 2 atom stereocenters. The van der Waals surface area contributed by atoms with E-state index in [4.69, 9.17) is 0 Å². The minimum atomic E-state index is 0.666. The molecule has 4 heterocycles. The highest BCUT2D eigenvalue weighted by atomic mass is 79.9. The standard InChI is InChI=1S/C9H11BrN4/c10-8-2-12-9(3-11-8)14-4-6-1-7(5-14)13-6/h2-3,6-7,13H,1,4-5H2. The molecule has 2 unspecified atom stereocenters. The van der Waals surface area contributed by atoms with E-state index in [1.807, 2.05) is 6.20 Å². The molecule has 4 nitrogen and oxygen atoms in total. The Balaban J connectivity index is 1.79. The van der Waals surface area contributed by atoms with Gasteiger partial charge < -0.3 is 10.2 Å². The van der Waals surface area contributed by atoms with Crippen LogP contribution in [-0.4, -0.2) is 35.1 Å². The molecule has 0 aromatic carbocycles. The maximum Gasteiger partial charge on any atom is 0.147 e. The first-order valence-corrected chi connectivity index (χ1v) is 5.59. The van der Waals surface area contributed by atoms with Gasteiger partial charge in [-0.1, -0.05) is 0 Å². The van der Waals surface area contributed by atoms with Crippen LogP contribution in [-0.2, 0) is 0 Å². The molecule has 3 aliphatic rings. The van der Waals surface area contributed by atoms with Crippen LogP contribution in [0.5, 0.6) is 0 Å². The lowest BCUT2D eigenvalue weighted by Gasteiger charge is -2.48. The van der Waals surface area contributed by atoms with Crippen LogP contribution in [0.4, 0.5) is 5.82 Å². The minimum Gasteiger partial charge on any atom is -0.352 e. The van der Waals surface area contributed by atoms with Crippen molar-refractivity contribution in [1.82, 2.24) is 15.3 Å². The number of halogens is 1. The van der Waals surface area contributed by atoms with Gasteiger partial charge in [-0.25, -0.2) is 9.97 Å². The van der Waals surface area contributed by atoms with E-state index in [-0.39, 0.29) is 0 Å². The highest BCUT2D eigenvalue weighted by Crippen LogP contribution is 2.24. The molecule has 5 heteroatoms. The highest BCUT2D eigenvalue weighted by molar-refractivity contribution is 9.10. The number of hydrogen-bond acceptors (Lipinski definition) is 4. The maximum atomic E-state index is 4.35. The molecule has 0 saturated carbocycles. The van der Waals surface area contributed by atoms with Crippen molar-refractivity contribution in [1.29, 1.82) is 0 Å². The van der Waals surface area contributed by atoms with Crippen LogP contribution in [0.25, 0.3) is 0 Å². The molecule has 3 aliphatic heterocycles. The third-order valence-electron chi connectivity index (χ3n) is 2.85. The number of nitrogens with zero attached hydrogens (tertiary/aromatic N) is 3. The molecule has 0 radical (unpaired) electrons. The molecular weight excluding hydrogens is 244 g/mol. The summed E-state index contributed by atoms with van der Waals surface area (Å²) in [5.41, 5.74) is 0. The Morgan fingerprint density at radius 1 is 1.29 bits per heavy atom. The monoisotopic (exact) mass is 254 g/mol. The number of hydrogen-bond donors (Lipinski definition) is 1. The van der Waals surface area contributed by atoms with E-state index in [1.165, 1.54) is 6.42 Å². The van der Waals surface area contributed by atoms with Crippen molar-refractivity contribution in [2.24, 2.45) is 0 Å². The molecule has 1 aromatic rings. The summed E-state index contributed by atoms with van der Waals surface area (Å²) in [6.07, 6.45) is 4.90. The summed E-state index contributed by atoms with van der Waals surface area (Å²) in [6, 6.07) is 1.33. The van der Waals surface area contributed by atoms with E-state index < -0.39 is 0 Å². The predicted octanol–water partition coefficient (Wildman–Crippen LogP) is 0.790.